The molecule has 554 valence electrons. The molecule has 0 aromatic rings. The van der Waals surface area contributed by atoms with Gasteiger partial charge in [-0.1, -0.05) is 418 Å². The fourth-order valence-corrected chi connectivity index (χ4v) is 13.9. The SMILES string of the molecule is CCCCCCCCCC/C=C\CCCCCCCCCCCCCCCCCCCCCCCCCCCC(=O)OC(COC(=O)CCCCCCCCCCCCCCCCCCCCCCCCCCCCCCCCCC)COP(=O)(O)OCC[N+](C)(C)C. The van der Waals surface area contributed by atoms with Crippen LogP contribution < -0.4 is 0 Å². The van der Waals surface area contributed by atoms with Gasteiger partial charge in [0.2, 0.25) is 0 Å². The number of likely N-dealkylation sites (N-methyl/N-ethyl adjacent to an activating group) is 1. The Bertz CT molecular complexity index is 1570. The van der Waals surface area contributed by atoms with Crippen LogP contribution in [0.15, 0.2) is 12.2 Å². The van der Waals surface area contributed by atoms with Crippen molar-refractivity contribution in [2.45, 2.75) is 463 Å². The molecule has 1 N–H and O–H groups in total. The molecule has 0 aromatic carbocycles. The van der Waals surface area contributed by atoms with E-state index in [-0.39, 0.29) is 25.6 Å². The molecular formula is C83H165NO8P+. The Morgan fingerprint density at radius 3 is 0.796 bits per heavy atom. The van der Waals surface area contributed by atoms with Crippen molar-refractivity contribution in [2.75, 3.05) is 47.5 Å². The Balaban J connectivity index is 3.86. The maximum Gasteiger partial charge on any atom is 0.472 e. The summed E-state index contributed by atoms with van der Waals surface area (Å²) in [5, 5.41) is 0. The van der Waals surface area contributed by atoms with Gasteiger partial charge in [0, 0.05) is 12.8 Å². The Labute approximate surface area is 581 Å². The molecule has 0 saturated heterocycles. The fraction of sp³-hybridized carbons (Fsp3) is 0.952. The number of ether oxygens (including phenoxy) is 2. The van der Waals surface area contributed by atoms with E-state index in [1.165, 1.54) is 392 Å². The molecule has 0 saturated carbocycles. The Hall–Kier alpha value is -1.25. The summed E-state index contributed by atoms with van der Waals surface area (Å²) in [6, 6.07) is 0. The molecule has 0 heterocycles. The maximum atomic E-state index is 12.9. The summed E-state index contributed by atoms with van der Waals surface area (Å²) in [6.07, 6.45) is 95.3. The van der Waals surface area contributed by atoms with Gasteiger partial charge in [-0.3, -0.25) is 18.6 Å². The summed E-state index contributed by atoms with van der Waals surface area (Å²) >= 11 is 0. The van der Waals surface area contributed by atoms with Gasteiger partial charge in [0.05, 0.1) is 27.7 Å². The summed E-state index contributed by atoms with van der Waals surface area (Å²) in [5.41, 5.74) is 0. The molecule has 0 aliphatic carbocycles. The van der Waals surface area contributed by atoms with Crippen LogP contribution in [0.1, 0.15) is 457 Å². The lowest BCUT2D eigenvalue weighted by atomic mass is 10.0. The van der Waals surface area contributed by atoms with E-state index in [1.807, 2.05) is 21.1 Å². The standard InChI is InChI=1S/C83H164NO8P/c1-6-8-10-12-14-16-18-20-22-24-26-28-30-32-34-36-38-40-41-42-43-44-46-48-50-52-54-56-58-60-62-64-66-68-70-72-74-76-83(86)92-81(80-91-93(87,88)90-78-77-84(3,4)5)79-89-82(85)75-73-71-69-67-65-63-61-59-57-55-53-51-49-47-45-39-37-35-33-31-29-27-25-23-21-19-17-15-13-11-9-7-2/h24,26,81H,6-23,25,27-80H2,1-5H3/p+1/b26-24-. The van der Waals surface area contributed by atoms with Crippen molar-refractivity contribution in [3.05, 3.63) is 12.2 Å². The topological polar surface area (TPSA) is 108 Å². The molecule has 0 aliphatic rings. The second-order valence-electron chi connectivity index (χ2n) is 30.2. The lowest BCUT2D eigenvalue weighted by Crippen LogP contribution is -2.37. The van der Waals surface area contributed by atoms with Crippen molar-refractivity contribution in [1.29, 1.82) is 0 Å². The smallest absolute Gasteiger partial charge is 0.462 e. The molecule has 0 amide bonds. The van der Waals surface area contributed by atoms with E-state index in [4.69, 9.17) is 18.5 Å². The van der Waals surface area contributed by atoms with Crippen molar-refractivity contribution in [2.24, 2.45) is 0 Å². The summed E-state index contributed by atoms with van der Waals surface area (Å²) < 4.78 is 34.9. The third kappa shape index (κ3) is 79.6. The van der Waals surface area contributed by atoms with Gasteiger partial charge >= 0.3 is 19.8 Å². The van der Waals surface area contributed by atoms with E-state index in [1.54, 1.807) is 0 Å². The minimum atomic E-state index is -4.39. The second kappa shape index (κ2) is 75.0. The number of quaternary nitrogens is 1. The second-order valence-corrected chi connectivity index (χ2v) is 31.7. The minimum Gasteiger partial charge on any atom is -0.462 e. The number of nitrogens with zero attached hydrogens (tertiary/aromatic N) is 1. The highest BCUT2D eigenvalue weighted by Gasteiger charge is 2.27. The lowest BCUT2D eigenvalue weighted by molar-refractivity contribution is -0.870. The van der Waals surface area contributed by atoms with Gasteiger partial charge in [0.1, 0.15) is 19.8 Å². The molecule has 0 bridgehead atoms. The van der Waals surface area contributed by atoms with Gasteiger partial charge in [-0.25, -0.2) is 4.57 Å². The molecule has 0 spiro atoms. The van der Waals surface area contributed by atoms with E-state index < -0.39 is 26.5 Å². The quantitative estimate of drug-likeness (QED) is 0.0211. The van der Waals surface area contributed by atoms with Crippen molar-refractivity contribution in [3.8, 4) is 0 Å². The van der Waals surface area contributed by atoms with Crippen molar-refractivity contribution >= 4 is 19.8 Å². The van der Waals surface area contributed by atoms with Crippen LogP contribution in [0.5, 0.6) is 0 Å². The van der Waals surface area contributed by atoms with Crippen LogP contribution >= 0.6 is 7.82 Å². The number of esters is 2. The summed E-state index contributed by atoms with van der Waals surface area (Å²) in [5.74, 6) is -0.765. The van der Waals surface area contributed by atoms with Gasteiger partial charge in [-0.05, 0) is 38.5 Å². The molecule has 0 aromatic heterocycles. The first kappa shape index (κ1) is 91.8. The van der Waals surface area contributed by atoms with Crippen LogP contribution in [0.4, 0.5) is 0 Å². The Kier molecular flexibility index (Phi) is 74.0. The van der Waals surface area contributed by atoms with Gasteiger partial charge in [-0.15, -0.1) is 0 Å². The molecular weight excluding hydrogens is 1170 g/mol. The van der Waals surface area contributed by atoms with Crippen LogP contribution in [-0.2, 0) is 32.7 Å². The normalized spacial score (nSPS) is 13.0. The lowest BCUT2D eigenvalue weighted by Gasteiger charge is -2.24. The molecule has 0 rings (SSSR count). The molecule has 0 radical (unpaired) electrons. The number of allylic oxidation sites excluding steroid dienone is 2. The third-order valence-electron chi connectivity index (χ3n) is 19.5. The highest BCUT2D eigenvalue weighted by Crippen LogP contribution is 2.43. The highest BCUT2D eigenvalue weighted by molar-refractivity contribution is 7.47. The van der Waals surface area contributed by atoms with Gasteiger partial charge < -0.3 is 18.9 Å². The van der Waals surface area contributed by atoms with Gasteiger partial charge in [0.15, 0.2) is 6.10 Å². The number of unbranched alkanes of at least 4 members (excludes halogenated alkanes) is 64. The van der Waals surface area contributed by atoms with Crippen molar-refractivity contribution < 1.29 is 42.1 Å². The molecule has 2 unspecified atom stereocenters. The van der Waals surface area contributed by atoms with E-state index in [0.29, 0.717) is 17.4 Å². The van der Waals surface area contributed by atoms with Crippen LogP contribution in [0.3, 0.4) is 0 Å². The first-order valence-electron chi connectivity index (χ1n) is 41.9. The largest absolute Gasteiger partial charge is 0.472 e. The maximum absolute atomic E-state index is 12.9. The number of carbonyl (C=O) groups excluding carboxylic acids is 2. The first-order chi connectivity index (χ1) is 45.5. The van der Waals surface area contributed by atoms with Crippen molar-refractivity contribution in [3.63, 3.8) is 0 Å². The first-order valence-corrected chi connectivity index (χ1v) is 43.4. The van der Waals surface area contributed by atoms with E-state index >= 15 is 0 Å². The minimum absolute atomic E-state index is 0.0372. The molecule has 93 heavy (non-hydrogen) atoms. The number of hydrogen-bond donors (Lipinski definition) is 1. The number of phosphoric ester groups is 1. The Morgan fingerprint density at radius 2 is 0.548 bits per heavy atom. The van der Waals surface area contributed by atoms with Crippen molar-refractivity contribution in [1.82, 2.24) is 0 Å². The zero-order chi connectivity index (χ0) is 67.6. The number of phosphoric acid groups is 1. The summed E-state index contributed by atoms with van der Waals surface area (Å²) in [7, 11) is 1.51. The molecule has 10 heteroatoms. The van der Waals surface area contributed by atoms with Gasteiger partial charge in [-0.2, -0.15) is 0 Å². The molecule has 0 aliphatic heterocycles. The zero-order valence-electron chi connectivity index (χ0n) is 63.6. The summed E-state index contributed by atoms with van der Waals surface area (Å²) in [4.78, 5) is 36.0. The summed E-state index contributed by atoms with van der Waals surface area (Å²) in [6.45, 7) is 4.54. The average Bonchev–Trinajstić information content (AvgIpc) is 2.27. The number of hydrogen-bond acceptors (Lipinski definition) is 7. The predicted octanol–water partition coefficient (Wildman–Crippen LogP) is 27.8. The monoisotopic (exact) mass is 1340 g/mol. The van der Waals surface area contributed by atoms with Crippen LogP contribution in [-0.4, -0.2) is 74.9 Å². The van der Waals surface area contributed by atoms with Crippen LogP contribution in [0.2, 0.25) is 0 Å². The average molecular weight is 1340 g/mol. The molecule has 9 nitrogen and oxygen atoms in total. The van der Waals surface area contributed by atoms with Crippen LogP contribution in [0.25, 0.3) is 0 Å². The third-order valence-corrected chi connectivity index (χ3v) is 20.5. The highest BCUT2D eigenvalue weighted by atomic mass is 31.2. The Morgan fingerprint density at radius 1 is 0.323 bits per heavy atom. The van der Waals surface area contributed by atoms with Gasteiger partial charge in [0.25, 0.3) is 0 Å². The fourth-order valence-electron chi connectivity index (χ4n) is 13.1. The molecule has 0 fully saturated rings. The predicted molar refractivity (Wildman–Crippen MR) is 405 cm³/mol. The van der Waals surface area contributed by atoms with Crippen LogP contribution in [0, 0.1) is 0 Å². The number of carbonyl (C=O) groups is 2. The van der Waals surface area contributed by atoms with E-state index in [0.717, 1.165) is 38.5 Å². The van der Waals surface area contributed by atoms with E-state index in [9.17, 15) is 19.0 Å². The molecule has 2 atom stereocenters. The zero-order valence-corrected chi connectivity index (χ0v) is 64.4. The van der Waals surface area contributed by atoms with E-state index in [2.05, 4.69) is 26.0 Å². The number of rotatable bonds is 80.